The molecule has 6 nitrogen and oxygen atoms in total. The van der Waals surface area contributed by atoms with Gasteiger partial charge in [0.05, 0.1) is 11.4 Å². The Morgan fingerprint density at radius 1 is 1.22 bits per heavy atom. The second kappa shape index (κ2) is 6.16. The number of thioether (sulfide) groups is 1. The number of aryl methyl sites for hydroxylation is 1. The third-order valence-corrected chi connectivity index (χ3v) is 4.27. The van der Waals surface area contributed by atoms with Crippen molar-refractivity contribution in [1.82, 2.24) is 24.9 Å². The van der Waals surface area contributed by atoms with Crippen molar-refractivity contribution in [1.29, 1.82) is 0 Å². The fourth-order valence-electron chi connectivity index (χ4n) is 2.07. The quantitative estimate of drug-likeness (QED) is 0.682. The van der Waals surface area contributed by atoms with Gasteiger partial charge in [-0.1, -0.05) is 55.9 Å². The standard InChI is InChI=1S/C16H19N5OS/c1-11-7-5-6-8-12(11)21-10-17-19-15(21)23-9-13-18-14(22-20-13)16(2,3)4/h5-8,10H,9H2,1-4H3. The van der Waals surface area contributed by atoms with Gasteiger partial charge < -0.3 is 4.52 Å². The molecule has 2 aromatic heterocycles. The van der Waals surface area contributed by atoms with Gasteiger partial charge >= 0.3 is 0 Å². The third-order valence-electron chi connectivity index (χ3n) is 3.33. The zero-order valence-corrected chi connectivity index (χ0v) is 14.5. The minimum atomic E-state index is -0.142. The fourth-order valence-corrected chi connectivity index (χ4v) is 2.83. The first kappa shape index (κ1) is 15.7. The summed E-state index contributed by atoms with van der Waals surface area (Å²) in [5.41, 5.74) is 2.10. The van der Waals surface area contributed by atoms with E-state index in [2.05, 4.69) is 39.4 Å². The second-order valence-corrected chi connectivity index (χ2v) is 7.27. The molecule has 0 saturated carbocycles. The van der Waals surface area contributed by atoms with E-state index in [4.69, 9.17) is 4.52 Å². The lowest BCUT2D eigenvalue weighted by molar-refractivity contribution is 0.319. The molecule has 0 aliphatic heterocycles. The molecular weight excluding hydrogens is 310 g/mol. The van der Waals surface area contributed by atoms with E-state index < -0.39 is 0 Å². The Balaban J connectivity index is 1.77. The highest BCUT2D eigenvalue weighted by atomic mass is 32.2. The third kappa shape index (κ3) is 3.44. The Morgan fingerprint density at radius 3 is 2.70 bits per heavy atom. The molecule has 0 aliphatic carbocycles. The molecule has 0 radical (unpaired) electrons. The second-order valence-electron chi connectivity index (χ2n) is 6.32. The van der Waals surface area contributed by atoms with Crippen LogP contribution in [-0.2, 0) is 11.2 Å². The number of hydrogen-bond donors (Lipinski definition) is 0. The zero-order chi connectivity index (χ0) is 16.4. The van der Waals surface area contributed by atoms with E-state index in [1.807, 2.05) is 37.5 Å². The molecule has 0 aliphatic rings. The maximum Gasteiger partial charge on any atom is 0.232 e. The molecule has 0 saturated heterocycles. The summed E-state index contributed by atoms with van der Waals surface area (Å²) in [5.74, 6) is 1.90. The topological polar surface area (TPSA) is 69.6 Å². The van der Waals surface area contributed by atoms with Crippen LogP contribution in [0.3, 0.4) is 0 Å². The van der Waals surface area contributed by atoms with Crippen LogP contribution in [0.25, 0.3) is 5.69 Å². The molecular formula is C16H19N5OS. The number of benzene rings is 1. The first-order valence-corrected chi connectivity index (χ1v) is 8.35. The normalized spacial score (nSPS) is 11.8. The van der Waals surface area contributed by atoms with E-state index in [1.54, 1.807) is 6.33 Å². The molecule has 3 rings (SSSR count). The minimum absolute atomic E-state index is 0.142. The van der Waals surface area contributed by atoms with Crippen LogP contribution in [0.1, 0.15) is 38.0 Å². The van der Waals surface area contributed by atoms with Crippen LogP contribution in [0.4, 0.5) is 0 Å². The molecule has 0 atom stereocenters. The first-order valence-electron chi connectivity index (χ1n) is 7.37. The van der Waals surface area contributed by atoms with Crippen LogP contribution in [0.5, 0.6) is 0 Å². The highest BCUT2D eigenvalue weighted by Gasteiger charge is 2.22. The summed E-state index contributed by atoms with van der Waals surface area (Å²) < 4.78 is 7.29. The molecule has 3 aromatic rings. The van der Waals surface area contributed by atoms with Crippen LogP contribution >= 0.6 is 11.8 Å². The predicted molar refractivity (Wildman–Crippen MR) is 88.7 cm³/mol. The average Bonchev–Trinajstić information content (AvgIpc) is 3.14. The smallest absolute Gasteiger partial charge is 0.232 e. The lowest BCUT2D eigenvalue weighted by Gasteiger charge is -2.10. The Labute approximate surface area is 139 Å². The Kier molecular flexibility index (Phi) is 4.21. The van der Waals surface area contributed by atoms with Crippen LogP contribution in [0.15, 0.2) is 40.3 Å². The zero-order valence-electron chi connectivity index (χ0n) is 13.6. The SMILES string of the molecule is Cc1ccccc1-n1cnnc1SCc1noc(C(C)(C)C)n1. The minimum Gasteiger partial charge on any atom is -0.339 e. The predicted octanol–water partition coefficient (Wildman–Crippen LogP) is 3.55. The summed E-state index contributed by atoms with van der Waals surface area (Å²) in [7, 11) is 0. The molecule has 0 amide bonds. The first-order chi connectivity index (χ1) is 10.9. The van der Waals surface area contributed by atoms with Gasteiger partial charge in [0, 0.05) is 5.41 Å². The van der Waals surface area contributed by atoms with Gasteiger partial charge in [0.15, 0.2) is 11.0 Å². The van der Waals surface area contributed by atoms with E-state index in [-0.39, 0.29) is 5.41 Å². The lowest BCUT2D eigenvalue weighted by atomic mass is 9.97. The van der Waals surface area contributed by atoms with Gasteiger partial charge in [-0.25, -0.2) is 0 Å². The summed E-state index contributed by atoms with van der Waals surface area (Å²) in [5, 5.41) is 13.1. The van der Waals surface area contributed by atoms with Gasteiger partial charge in [0.25, 0.3) is 0 Å². The Bertz CT molecular complexity index is 803. The molecule has 0 N–H and O–H groups in total. The molecule has 7 heteroatoms. The summed E-state index contributed by atoms with van der Waals surface area (Å²) >= 11 is 1.54. The molecule has 23 heavy (non-hydrogen) atoms. The lowest BCUT2D eigenvalue weighted by Crippen LogP contribution is -2.11. The van der Waals surface area contributed by atoms with E-state index in [0.717, 1.165) is 10.8 Å². The van der Waals surface area contributed by atoms with E-state index >= 15 is 0 Å². The van der Waals surface area contributed by atoms with Crippen molar-refractivity contribution < 1.29 is 4.52 Å². The molecule has 120 valence electrons. The molecule has 0 spiro atoms. The maximum atomic E-state index is 5.32. The van der Waals surface area contributed by atoms with Crippen LogP contribution in [-0.4, -0.2) is 24.9 Å². The number of hydrogen-bond acceptors (Lipinski definition) is 6. The van der Waals surface area contributed by atoms with Crippen molar-refractivity contribution in [2.45, 2.75) is 44.0 Å². The number of para-hydroxylation sites is 1. The maximum absolute atomic E-state index is 5.32. The summed E-state index contributed by atoms with van der Waals surface area (Å²) in [6.07, 6.45) is 1.72. The molecule has 1 aromatic carbocycles. The largest absolute Gasteiger partial charge is 0.339 e. The molecule has 0 bridgehead atoms. The van der Waals surface area contributed by atoms with Crippen LogP contribution in [0.2, 0.25) is 0 Å². The van der Waals surface area contributed by atoms with E-state index in [9.17, 15) is 0 Å². The summed E-state index contributed by atoms with van der Waals surface area (Å²) in [6, 6.07) is 8.14. The number of rotatable bonds is 4. The van der Waals surface area contributed by atoms with Gasteiger partial charge in [0.1, 0.15) is 6.33 Å². The van der Waals surface area contributed by atoms with Crippen molar-refractivity contribution in [3.05, 3.63) is 47.9 Å². The van der Waals surface area contributed by atoms with Crippen molar-refractivity contribution in [2.75, 3.05) is 0 Å². The number of aromatic nitrogens is 5. The van der Waals surface area contributed by atoms with Gasteiger partial charge in [-0.05, 0) is 18.6 Å². The van der Waals surface area contributed by atoms with Gasteiger partial charge in [-0.2, -0.15) is 4.98 Å². The average molecular weight is 329 g/mol. The van der Waals surface area contributed by atoms with Gasteiger partial charge in [-0.3, -0.25) is 4.57 Å². The van der Waals surface area contributed by atoms with Gasteiger partial charge in [-0.15, -0.1) is 10.2 Å². The highest BCUT2D eigenvalue weighted by Crippen LogP contribution is 2.25. The van der Waals surface area contributed by atoms with Crippen molar-refractivity contribution >= 4 is 11.8 Å². The Hall–Kier alpha value is -2.15. The van der Waals surface area contributed by atoms with Crippen LogP contribution in [0, 0.1) is 6.92 Å². The molecule has 0 fully saturated rings. The number of nitrogens with zero attached hydrogens (tertiary/aromatic N) is 5. The van der Waals surface area contributed by atoms with Crippen molar-refractivity contribution in [3.63, 3.8) is 0 Å². The van der Waals surface area contributed by atoms with Crippen LogP contribution < -0.4 is 0 Å². The molecule has 2 heterocycles. The summed E-state index contributed by atoms with van der Waals surface area (Å²) in [6.45, 7) is 8.21. The van der Waals surface area contributed by atoms with E-state index in [1.165, 1.54) is 17.3 Å². The molecule has 0 unspecified atom stereocenters. The monoisotopic (exact) mass is 329 g/mol. The van der Waals surface area contributed by atoms with Crippen molar-refractivity contribution in [2.24, 2.45) is 0 Å². The summed E-state index contributed by atoms with van der Waals surface area (Å²) in [4.78, 5) is 4.44. The highest BCUT2D eigenvalue weighted by molar-refractivity contribution is 7.98. The van der Waals surface area contributed by atoms with E-state index in [0.29, 0.717) is 17.5 Å². The Morgan fingerprint density at radius 2 is 2.00 bits per heavy atom. The van der Waals surface area contributed by atoms with Gasteiger partial charge in [0.2, 0.25) is 5.89 Å². The van der Waals surface area contributed by atoms with Crippen molar-refractivity contribution in [3.8, 4) is 5.69 Å². The fraction of sp³-hybridized carbons (Fsp3) is 0.375.